The van der Waals surface area contributed by atoms with Crippen LogP contribution in [0.25, 0.3) is 0 Å². The highest BCUT2D eigenvalue weighted by molar-refractivity contribution is 7.80. The summed E-state index contributed by atoms with van der Waals surface area (Å²) >= 11 is 4.03. The molecular formula is C12H22O2S. The molecule has 0 N–H and O–H groups in total. The van der Waals surface area contributed by atoms with Crippen molar-refractivity contribution in [3.63, 3.8) is 0 Å². The zero-order valence-electron chi connectivity index (χ0n) is 9.95. The summed E-state index contributed by atoms with van der Waals surface area (Å²) in [5.41, 5.74) is 0.309. The summed E-state index contributed by atoms with van der Waals surface area (Å²) in [5, 5.41) is 0. The average Bonchev–Trinajstić information content (AvgIpc) is 1.99. The number of esters is 1. The van der Waals surface area contributed by atoms with Crippen molar-refractivity contribution in [2.75, 3.05) is 5.75 Å². The van der Waals surface area contributed by atoms with E-state index in [1.165, 1.54) is 6.42 Å². The minimum absolute atomic E-state index is 0.0973. The van der Waals surface area contributed by atoms with Gasteiger partial charge in [0.05, 0.1) is 6.42 Å². The Kier molecular flexibility index (Phi) is 4.50. The third kappa shape index (κ3) is 4.45. The topological polar surface area (TPSA) is 26.3 Å². The summed E-state index contributed by atoms with van der Waals surface area (Å²) in [6.45, 7) is 6.74. The smallest absolute Gasteiger partial charge is 0.306 e. The maximum absolute atomic E-state index is 11.4. The van der Waals surface area contributed by atoms with E-state index in [1.54, 1.807) is 0 Å². The molecule has 1 rings (SSSR count). The van der Waals surface area contributed by atoms with Gasteiger partial charge in [-0.1, -0.05) is 20.8 Å². The molecule has 0 saturated heterocycles. The average molecular weight is 230 g/mol. The van der Waals surface area contributed by atoms with Gasteiger partial charge in [-0.25, -0.2) is 0 Å². The molecule has 0 spiro atoms. The van der Waals surface area contributed by atoms with Crippen LogP contribution in [0.4, 0.5) is 0 Å². The minimum Gasteiger partial charge on any atom is -0.462 e. The zero-order valence-corrected chi connectivity index (χ0v) is 10.8. The molecule has 3 heteroatoms. The molecular weight excluding hydrogens is 208 g/mol. The predicted octanol–water partition coefficient (Wildman–Crippen LogP) is 3.06. The van der Waals surface area contributed by atoms with E-state index in [2.05, 4.69) is 33.4 Å². The normalized spacial score (nSPS) is 29.9. The van der Waals surface area contributed by atoms with Gasteiger partial charge in [0.25, 0.3) is 0 Å². The van der Waals surface area contributed by atoms with Crippen LogP contribution in [0.3, 0.4) is 0 Å². The molecule has 1 aliphatic rings. The predicted molar refractivity (Wildman–Crippen MR) is 65.1 cm³/mol. The van der Waals surface area contributed by atoms with Crippen LogP contribution in [0.5, 0.6) is 0 Å². The van der Waals surface area contributed by atoms with Gasteiger partial charge in [-0.15, -0.1) is 0 Å². The highest BCUT2D eigenvalue weighted by atomic mass is 32.1. The van der Waals surface area contributed by atoms with E-state index in [0.29, 0.717) is 23.5 Å². The Morgan fingerprint density at radius 1 is 1.47 bits per heavy atom. The van der Waals surface area contributed by atoms with Crippen LogP contribution in [-0.2, 0) is 9.53 Å². The Morgan fingerprint density at radius 2 is 2.13 bits per heavy atom. The van der Waals surface area contributed by atoms with Crippen molar-refractivity contribution in [1.82, 2.24) is 0 Å². The molecule has 2 atom stereocenters. The summed E-state index contributed by atoms with van der Waals surface area (Å²) in [7, 11) is 0. The maximum atomic E-state index is 11.4. The van der Waals surface area contributed by atoms with Crippen molar-refractivity contribution in [2.45, 2.75) is 52.6 Å². The first-order valence-corrected chi connectivity index (χ1v) is 6.36. The van der Waals surface area contributed by atoms with E-state index in [0.717, 1.165) is 12.8 Å². The highest BCUT2D eigenvalue weighted by Crippen LogP contribution is 2.39. The second-order valence-electron chi connectivity index (χ2n) is 5.50. The number of rotatable bonds is 3. The number of hydrogen-bond donors (Lipinski definition) is 1. The van der Waals surface area contributed by atoms with Crippen molar-refractivity contribution >= 4 is 18.6 Å². The van der Waals surface area contributed by atoms with Gasteiger partial charge in [-0.05, 0) is 30.6 Å². The van der Waals surface area contributed by atoms with Crippen molar-refractivity contribution in [3.05, 3.63) is 0 Å². The SMILES string of the molecule is CC1CC(OC(=O)CCS)CC(C)(C)C1. The molecule has 0 aromatic heterocycles. The van der Waals surface area contributed by atoms with Gasteiger partial charge in [0, 0.05) is 5.75 Å². The number of carbonyl (C=O) groups excluding carboxylic acids is 1. The highest BCUT2D eigenvalue weighted by Gasteiger charge is 2.33. The fourth-order valence-electron chi connectivity index (χ4n) is 2.68. The quantitative estimate of drug-likeness (QED) is 0.596. The van der Waals surface area contributed by atoms with Gasteiger partial charge in [0.2, 0.25) is 0 Å². The van der Waals surface area contributed by atoms with E-state index < -0.39 is 0 Å². The van der Waals surface area contributed by atoms with Gasteiger partial charge in [0.15, 0.2) is 0 Å². The lowest BCUT2D eigenvalue weighted by atomic mass is 9.71. The summed E-state index contributed by atoms with van der Waals surface area (Å²) in [5.74, 6) is 1.13. The van der Waals surface area contributed by atoms with Gasteiger partial charge in [0.1, 0.15) is 6.10 Å². The molecule has 0 aliphatic heterocycles. The molecule has 2 nitrogen and oxygen atoms in total. The summed E-state index contributed by atoms with van der Waals surface area (Å²) < 4.78 is 5.45. The van der Waals surface area contributed by atoms with Crippen LogP contribution in [0.2, 0.25) is 0 Å². The molecule has 0 amide bonds. The van der Waals surface area contributed by atoms with Crippen LogP contribution < -0.4 is 0 Å². The molecule has 15 heavy (non-hydrogen) atoms. The number of ether oxygens (including phenoxy) is 1. The Morgan fingerprint density at radius 3 is 2.67 bits per heavy atom. The molecule has 88 valence electrons. The van der Waals surface area contributed by atoms with E-state index in [1.807, 2.05) is 0 Å². The molecule has 1 saturated carbocycles. The second-order valence-corrected chi connectivity index (χ2v) is 5.95. The number of thiol groups is 1. The molecule has 1 aliphatic carbocycles. The van der Waals surface area contributed by atoms with E-state index in [9.17, 15) is 4.79 Å². The molecule has 1 fully saturated rings. The van der Waals surface area contributed by atoms with Crippen molar-refractivity contribution < 1.29 is 9.53 Å². The molecule has 0 aromatic rings. The molecule has 2 unspecified atom stereocenters. The standard InChI is InChI=1S/C12H22O2S/c1-9-6-10(8-12(2,3)7-9)14-11(13)4-5-15/h9-10,15H,4-8H2,1-3H3. The molecule has 0 heterocycles. The Labute approximate surface area is 98.2 Å². The Hall–Kier alpha value is -0.180. The maximum Gasteiger partial charge on any atom is 0.306 e. The number of hydrogen-bond acceptors (Lipinski definition) is 3. The summed E-state index contributed by atoms with van der Waals surface area (Å²) in [4.78, 5) is 11.4. The van der Waals surface area contributed by atoms with Gasteiger partial charge in [-0.3, -0.25) is 4.79 Å². The van der Waals surface area contributed by atoms with Gasteiger partial charge in [-0.2, -0.15) is 12.6 Å². The fraction of sp³-hybridized carbons (Fsp3) is 0.917. The van der Waals surface area contributed by atoms with Gasteiger partial charge >= 0.3 is 5.97 Å². The lowest BCUT2D eigenvalue weighted by Gasteiger charge is -2.38. The first-order valence-electron chi connectivity index (χ1n) is 5.73. The third-order valence-corrected chi connectivity index (χ3v) is 3.18. The minimum atomic E-state index is -0.0973. The largest absolute Gasteiger partial charge is 0.462 e. The second kappa shape index (κ2) is 5.24. The monoisotopic (exact) mass is 230 g/mol. The van der Waals surface area contributed by atoms with E-state index >= 15 is 0 Å². The molecule has 0 aromatic carbocycles. The van der Waals surface area contributed by atoms with Crippen molar-refractivity contribution in [1.29, 1.82) is 0 Å². The Balaban J connectivity index is 2.45. The zero-order chi connectivity index (χ0) is 11.5. The van der Waals surface area contributed by atoms with E-state index in [-0.39, 0.29) is 12.1 Å². The van der Waals surface area contributed by atoms with Crippen LogP contribution in [-0.4, -0.2) is 17.8 Å². The lowest BCUT2D eigenvalue weighted by Crippen LogP contribution is -2.34. The van der Waals surface area contributed by atoms with Crippen LogP contribution >= 0.6 is 12.6 Å². The fourth-order valence-corrected chi connectivity index (χ4v) is 2.87. The van der Waals surface area contributed by atoms with E-state index in [4.69, 9.17) is 4.74 Å². The van der Waals surface area contributed by atoms with Crippen molar-refractivity contribution in [2.24, 2.45) is 11.3 Å². The summed E-state index contributed by atoms with van der Waals surface area (Å²) in [6.07, 6.45) is 3.79. The lowest BCUT2D eigenvalue weighted by molar-refractivity contribution is -0.152. The first-order chi connectivity index (χ1) is 6.93. The van der Waals surface area contributed by atoms with Crippen LogP contribution in [0.15, 0.2) is 0 Å². The van der Waals surface area contributed by atoms with Gasteiger partial charge < -0.3 is 4.74 Å². The Bertz CT molecular complexity index is 226. The molecule has 0 bridgehead atoms. The van der Waals surface area contributed by atoms with Crippen LogP contribution in [0, 0.1) is 11.3 Å². The first kappa shape index (κ1) is 12.9. The van der Waals surface area contributed by atoms with Crippen LogP contribution in [0.1, 0.15) is 46.5 Å². The number of carbonyl (C=O) groups is 1. The molecule has 0 radical (unpaired) electrons. The third-order valence-electron chi connectivity index (χ3n) is 2.96. The summed E-state index contributed by atoms with van der Waals surface area (Å²) in [6, 6.07) is 0. The van der Waals surface area contributed by atoms with Crippen molar-refractivity contribution in [3.8, 4) is 0 Å².